The van der Waals surface area contributed by atoms with E-state index in [9.17, 15) is 0 Å². The lowest BCUT2D eigenvalue weighted by Gasteiger charge is -2.13. The van der Waals surface area contributed by atoms with E-state index in [1.807, 2.05) is 19.2 Å². The van der Waals surface area contributed by atoms with Crippen molar-refractivity contribution in [2.45, 2.75) is 13.0 Å². The SMILES string of the molecule is CNCc1cccc(Br)c1OCCOCCCOC. The fraction of sp³-hybridized carbons (Fsp3) is 0.571. The molecule has 0 spiro atoms. The molecule has 0 bridgehead atoms. The van der Waals surface area contributed by atoms with Gasteiger partial charge in [-0.1, -0.05) is 12.1 Å². The number of benzene rings is 1. The molecule has 1 aromatic carbocycles. The second-order valence-electron chi connectivity index (χ2n) is 4.07. The average Bonchev–Trinajstić information content (AvgIpc) is 2.41. The smallest absolute Gasteiger partial charge is 0.138 e. The number of rotatable bonds is 10. The van der Waals surface area contributed by atoms with Gasteiger partial charge in [-0.3, -0.25) is 0 Å². The van der Waals surface area contributed by atoms with Gasteiger partial charge in [0.2, 0.25) is 0 Å². The Kier molecular flexibility index (Phi) is 8.82. The van der Waals surface area contributed by atoms with Gasteiger partial charge in [0.15, 0.2) is 0 Å². The zero-order valence-corrected chi connectivity index (χ0v) is 13.2. The number of hydrogen-bond donors (Lipinski definition) is 1. The van der Waals surface area contributed by atoms with Crippen LogP contribution in [0, 0.1) is 0 Å². The van der Waals surface area contributed by atoms with Crippen LogP contribution in [0.25, 0.3) is 0 Å². The Labute approximate surface area is 123 Å². The zero-order valence-electron chi connectivity index (χ0n) is 11.6. The monoisotopic (exact) mass is 331 g/mol. The van der Waals surface area contributed by atoms with E-state index in [-0.39, 0.29) is 0 Å². The molecule has 0 unspecified atom stereocenters. The van der Waals surface area contributed by atoms with E-state index in [1.165, 1.54) is 0 Å². The highest BCUT2D eigenvalue weighted by Crippen LogP contribution is 2.28. The third-order valence-electron chi connectivity index (χ3n) is 2.53. The molecule has 0 amide bonds. The van der Waals surface area contributed by atoms with Gasteiger partial charge in [0.1, 0.15) is 12.4 Å². The first-order valence-corrected chi connectivity index (χ1v) is 7.20. The third-order valence-corrected chi connectivity index (χ3v) is 3.15. The van der Waals surface area contributed by atoms with Crippen molar-refractivity contribution in [1.82, 2.24) is 5.32 Å². The number of hydrogen-bond acceptors (Lipinski definition) is 4. The van der Waals surface area contributed by atoms with E-state index in [0.717, 1.165) is 35.4 Å². The van der Waals surface area contributed by atoms with Crippen molar-refractivity contribution in [3.8, 4) is 5.75 Å². The summed E-state index contributed by atoms with van der Waals surface area (Å²) in [5.74, 6) is 0.886. The van der Waals surface area contributed by atoms with Crippen LogP contribution in [0.1, 0.15) is 12.0 Å². The Hall–Kier alpha value is -0.620. The lowest BCUT2D eigenvalue weighted by atomic mass is 10.2. The molecule has 0 fully saturated rings. The van der Waals surface area contributed by atoms with E-state index < -0.39 is 0 Å². The second-order valence-corrected chi connectivity index (χ2v) is 4.92. The molecule has 0 atom stereocenters. The Morgan fingerprint density at radius 2 is 2.00 bits per heavy atom. The molecule has 0 radical (unpaired) electrons. The van der Waals surface area contributed by atoms with Gasteiger partial charge in [-0.2, -0.15) is 0 Å². The normalized spacial score (nSPS) is 10.7. The summed E-state index contributed by atoms with van der Waals surface area (Å²) in [6.45, 7) is 3.35. The van der Waals surface area contributed by atoms with Crippen molar-refractivity contribution in [3.05, 3.63) is 28.2 Å². The van der Waals surface area contributed by atoms with E-state index in [4.69, 9.17) is 14.2 Å². The highest BCUT2D eigenvalue weighted by Gasteiger charge is 2.07. The summed E-state index contributed by atoms with van der Waals surface area (Å²) in [4.78, 5) is 0. The molecule has 0 saturated carbocycles. The number of para-hydroxylation sites is 1. The summed E-state index contributed by atoms with van der Waals surface area (Å²) in [7, 11) is 3.61. The predicted octanol–water partition coefficient (Wildman–Crippen LogP) is 2.60. The number of nitrogens with one attached hydrogen (secondary N) is 1. The maximum atomic E-state index is 5.78. The van der Waals surface area contributed by atoms with Gasteiger partial charge in [0.05, 0.1) is 11.1 Å². The van der Waals surface area contributed by atoms with Crippen molar-refractivity contribution in [2.24, 2.45) is 0 Å². The highest BCUT2D eigenvalue weighted by molar-refractivity contribution is 9.10. The van der Waals surface area contributed by atoms with Crippen LogP contribution in [0.15, 0.2) is 22.7 Å². The molecule has 1 N–H and O–H groups in total. The molecule has 0 aliphatic carbocycles. The Morgan fingerprint density at radius 1 is 1.16 bits per heavy atom. The lowest BCUT2D eigenvalue weighted by Crippen LogP contribution is -2.12. The van der Waals surface area contributed by atoms with Gasteiger partial charge < -0.3 is 19.5 Å². The van der Waals surface area contributed by atoms with Crippen LogP contribution in [0.2, 0.25) is 0 Å². The molecule has 0 heterocycles. The van der Waals surface area contributed by atoms with Crippen LogP contribution in [-0.2, 0) is 16.0 Å². The second kappa shape index (κ2) is 10.2. The number of halogens is 1. The minimum absolute atomic E-state index is 0.548. The molecular weight excluding hydrogens is 310 g/mol. The first-order chi connectivity index (χ1) is 9.29. The molecule has 5 heteroatoms. The van der Waals surface area contributed by atoms with E-state index in [2.05, 4.69) is 27.3 Å². The van der Waals surface area contributed by atoms with E-state index in [1.54, 1.807) is 7.11 Å². The minimum atomic E-state index is 0.548. The van der Waals surface area contributed by atoms with Crippen LogP contribution in [-0.4, -0.2) is 40.6 Å². The average molecular weight is 332 g/mol. The quantitative estimate of drug-likeness (QED) is 0.669. The summed E-state index contributed by atoms with van der Waals surface area (Å²) >= 11 is 3.51. The summed E-state index contributed by atoms with van der Waals surface area (Å²) in [5, 5.41) is 3.13. The lowest BCUT2D eigenvalue weighted by molar-refractivity contribution is 0.0802. The summed E-state index contributed by atoms with van der Waals surface area (Å²) in [5.41, 5.74) is 1.14. The number of ether oxygens (including phenoxy) is 3. The van der Waals surface area contributed by atoms with Crippen LogP contribution < -0.4 is 10.1 Å². The summed E-state index contributed by atoms with van der Waals surface area (Å²) in [6.07, 6.45) is 0.913. The van der Waals surface area contributed by atoms with Gasteiger partial charge in [0, 0.05) is 32.4 Å². The largest absolute Gasteiger partial charge is 0.490 e. The fourth-order valence-corrected chi connectivity index (χ4v) is 2.18. The zero-order chi connectivity index (χ0) is 13.9. The Balaban J connectivity index is 2.32. The van der Waals surface area contributed by atoms with E-state index >= 15 is 0 Å². The molecule has 0 aliphatic rings. The van der Waals surface area contributed by atoms with Crippen molar-refractivity contribution < 1.29 is 14.2 Å². The fourth-order valence-electron chi connectivity index (χ4n) is 1.65. The van der Waals surface area contributed by atoms with Crippen molar-refractivity contribution in [2.75, 3.05) is 40.6 Å². The standard InChI is InChI=1S/C14H22BrNO3/c1-16-11-12-5-3-6-13(15)14(12)19-10-9-18-8-4-7-17-2/h3,5-6,16H,4,7-11H2,1-2H3. The first kappa shape index (κ1) is 16.4. The van der Waals surface area contributed by atoms with Gasteiger partial charge in [-0.25, -0.2) is 0 Å². The first-order valence-electron chi connectivity index (χ1n) is 6.41. The van der Waals surface area contributed by atoms with Crippen LogP contribution in [0.4, 0.5) is 0 Å². The van der Waals surface area contributed by atoms with E-state index in [0.29, 0.717) is 19.8 Å². The maximum absolute atomic E-state index is 5.78. The van der Waals surface area contributed by atoms with Crippen molar-refractivity contribution in [3.63, 3.8) is 0 Å². The third kappa shape index (κ3) is 6.38. The molecule has 1 rings (SSSR count). The van der Waals surface area contributed by atoms with Crippen molar-refractivity contribution in [1.29, 1.82) is 0 Å². The molecule has 0 aliphatic heterocycles. The van der Waals surface area contributed by atoms with Gasteiger partial charge in [-0.15, -0.1) is 0 Å². The molecule has 108 valence electrons. The van der Waals surface area contributed by atoms with Crippen LogP contribution >= 0.6 is 15.9 Å². The topological polar surface area (TPSA) is 39.7 Å². The van der Waals surface area contributed by atoms with Crippen molar-refractivity contribution >= 4 is 15.9 Å². The van der Waals surface area contributed by atoms with Gasteiger partial charge >= 0.3 is 0 Å². The molecular formula is C14H22BrNO3. The van der Waals surface area contributed by atoms with Gasteiger partial charge in [-0.05, 0) is 35.5 Å². The van der Waals surface area contributed by atoms with Crippen LogP contribution in [0.5, 0.6) is 5.75 Å². The molecule has 1 aromatic rings. The maximum Gasteiger partial charge on any atom is 0.138 e. The van der Waals surface area contributed by atoms with Gasteiger partial charge in [0.25, 0.3) is 0 Å². The minimum Gasteiger partial charge on any atom is -0.490 e. The molecule has 4 nitrogen and oxygen atoms in total. The molecule has 19 heavy (non-hydrogen) atoms. The summed E-state index contributed by atoms with van der Waals surface area (Å²) < 4.78 is 17.2. The van der Waals surface area contributed by atoms with Crippen LogP contribution in [0.3, 0.4) is 0 Å². The highest BCUT2D eigenvalue weighted by atomic mass is 79.9. The Morgan fingerprint density at radius 3 is 2.74 bits per heavy atom. The predicted molar refractivity (Wildman–Crippen MR) is 79.7 cm³/mol. The Bertz CT molecular complexity index is 361. The summed E-state index contributed by atoms with van der Waals surface area (Å²) in [6, 6.07) is 6.04. The molecule has 0 saturated heterocycles. The molecule has 0 aromatic heterocycles. The number of methoxy groups -OCH3 is 1.